The van der Waals surface area contributed by atoms with Crippen molar-refractivity contribution in [1.29, 1.82) is 0 Å². The number of hydrogen-bond acceptors (Lipinski definition) is 4. The number of para-hydroxylation sites is 1. The molecule has 4 nitrogen and oxygen atoms in total. The summed E-state index contributed by atoms with van der Waals surface area (Å²) in [4.78, 5) is 12.0. The first-order valence-corrected chi connectivity index (χ1v) is 7.27. The van der Waals surface area contributed by atoms with Crippen molar-refractivity contribution in [1.82, 2.24) is 9.78 Å². The van der Waals surface area contributed by atoms with Gasteiger partial charge in [0.1, 0.15) is 10.6 Å². The SMILES string of the molecule is CCOC(=O)c1c(C)nn(-c2ccccc2)c1SC. The zero-order valence-electron chi connectivity index (χ0n) is 11.2. The van der Waals surface area contributed by atoms with Crippen molar-refractivity contribution >= 4 is 17.7 Å². The lowest BCUT2D eigenvalue weighted by atomic mass is 10.2. The van der Waals surface area contributed by atoms with Gasteiger partial charge in [0.15, 0.2) is 0 Å². The highest BCUT2D eigenvalue weighted by atomic mass is 32.2. The Morgan fingerprint density at radius 2 is 2.05 bits per heavy atom. The van der Waals surface area contributed by atoms with Crippen LogP contribution in [0.2, 0.25) is 0 Å². The van der Waals surface area contributed by atoms with E-state index in [9.17, 15) is 4.79 Å². The van der Waals surface area contributed by atoms with E-state index in [0.29, 0.717) is 17.9 Å². The highest BCUT2D eigenvalue weighted by Crippen LogP contribution is 2.27. The number of aromatic nitrogens is 2. The summed E-state index contributed by atoms with van der Waals surface area (Å²) >= 11 is 1.49. The average molecular weight is 276 g/mol. The number of benzene rings is 1. The van der Waals surface area contributed by atoms with E-state index in [4.69, 9.17) is 4.74 Å². The summed E-state index contributed by atoms with van der Waals surface area (Å²) in [6.07, 6.45) is 1.93. The number of ether oxygens (including phenoxy) is 1. The van der Waals surface area contributed by atoms with Gasteiger partial charge in [-0.1, -0.05) is 18.2 Å². The van der Waals surface area contributed by atoms with Gasteiger partial charge in [0.2, 0.25) is 0 Å². The van der Waals surface area contributed by atoms with Crippen molar-refractivity contribution in [3.05, 3.63) is 41.6 Å². The molecular weight excluding hydrogens is 260 g/mol. The number of carbonyl (C=O) groups excluding carboxylic acids is 1. The first-order valence-electron chi connectivity index (χ1n) is 6.05. The van der Waals surface area contributed by atoms with E-state index in [0.717, 1.165) is 10.7 Å². The Morgan fingerprint density at radius 1 is 1.37 bits per heavy atom. The molecule has 0 radical (unpaired) electrons. The molecule has 0 atom stereocenters. The van der Waals surface area contributed by atoms with Gasteiger partial charge in [-0.25, -0.2) is 9.48 Å². The number of hydrogen-bond donors (Lipinski definition) is 0. The van der Waals surface area contributed by atoms with E-state index >= 15 is 0 Å². The lowest BCUT2D eigenvalue weighted by Gasteiger charge is -2.06. The molecule has 1 aromatic carbocycles. The van der Waals surface area contributed by atoms with Crippen molar-refractivity contribution in [2.75, 3.05) is 12.9 Å². The third-order valence-electron chi connectivity index (χ3n) is 2.69. The Kier molecular flexibility index (Phi) is 4.27. The molecule has 2 aromatic rings. The first-order chi connectivity index (χ1) is 9.19. The zero-order valence-corrected chi connectivity index (χ0v) is 12.0. The molecule has 19 heavy (non-hydrogen) atoms. The molecule has 5 heteroatoms. The van der Waals surface area contributed by atoms with E-state index in [1.807, 2.05) is 43.5 Å². The first kappa shape index (κ1) is 13.7. The Bertz CT molecular complexity index is 579. The molecule has 1 aromatic heterocycles. The number of esters is 1. The van der Waals surface area contributed by atoms with Crippen LogP contribution >= 0.6 is 11.8 Å². The fourth-order valence-corrected chi connectivity index (χ4v) is 2.63. The van der Waals surface area contributed by atoms with Gasteiger partial charge in [0.25, 0.3) is 0 Å². The van der Waals surface area contributed by atoms with Crippen LogP contribution in [0.1, 0.15) is 23.0 Å². The number of thioether (sulfide) groups is 1. The lowest BCUT2D eigenvalue weighted by Crippen LogP contribution is -2.07. The second-order valence-corrected chi connectivity index (χ2v) is 4.73. The van der Waals surface area contributed by atoms with Crippen LogP contribution in [-0.2, 0) is 4.74 Å². The number of aryl methyl sites for hydroxylation is 1. The molecule has 0 amide bonds. The normalized spacial score (nSPS) is 10.5. The Labute approximate surface area is 116 Å². The third-order valence-corrected chi connectivity index (χ3v) is 3.46. The second-order valence-electron chi connectivity index (χ2n) is 3.94. The highest BCUT2D eigenvalue weighted by Gasteiger charge is 2.22. The Morgan fingerprint density at radius 3 is 2.63 bits per heavy atom. The van der Waals surface area contributed by atoms with Crippen LogP contribution < -0.4 is 0 Å². The minimum Gasteiger partial charge on any atom is -0.462 e. The van der Waals surface area contributed by atoms with Crippen molar-refractivity contribution in [2.45, 2.75) is 18.9 Å². The van der Waals surface area contributed by atoms with E-state index in [1.54, 1.807) is 11.6 Å². The van der Waals surface area contributed by atoms with Gasteiger partial charge < -0.3 is 4.74 Å². The van der Waals surface area contributed by atoms with Crippen molar-refractivity contribution < 1.29 is 9.53 Å². The number of nitrogens with zero attached hydrogens (tertiary/aromatic N) is 2. The average Bonchev–Trinajstić information content (AvgIpc) is 2.76. The molecule has 0 unspecified atom stereocenters. The van der Waals surface area contributed by atoms with Crippen LogP contribution in [0.5, 0.6) is 0 Å². The molecular formula is C14H16N2O2S. The summed E-state index contributed by atoms with van der Waals surface area (Å²) in [5, 5.41) is 5.26. The summed E-state index contributed by atoms with van der Waals surface area (Å²) < 4.78 is 6.88. The van der Waals surface area contributed by atoms with Gasteiger partial charge in [-0.05, 0) is 32.2 Å². The molecule has 0 aliphatic rings. The minimum absolute atomic E-state index is 0.313. The van der Waals surface area contributed by atoms with Crippen LogP contribution in [0.4, 0.5) is 0 Å². The number of rotatable bonds is 4. The molecule has 0 saturated carbocycles. The van der Waals surface area contributed by atoms with E-state index in [1.165, 1.54) is 11.8 Å². The standard InChI is InChI=1S/C14H16N2O2S/c1-4-18-14(17)12-10(2)15-16(13(12)19-3)11-8-6-5-7-9-11/h5-9H,4H2,1-3H3. The van der Waals surface area contributed by atoms with Crippen LogP contribution in [0.3, 0.4) is 0 Å². The summed E-state index contributed by atoms with van der Waals surface area (Å²) in [7, 11) is 0. The summed E-state index contributed by atoms with van der Waals surface area (Å²) in [6, 6.07) is 9.76. The fourth-order valence-electron chi connectivity index (χ4n) is 1.88. The molecule has 0 bridgehead atoms. The maximum Gasteiger partial charge on any atom is 0.342 e. The van der Waals surface area contributed by atoms with Crippen LogP contribution in [0.25, 0.3) is 5.69 Å². The summed E-state index contributed by atoms with van der Waals surface area (Å²) in [6.45, 7) is 3.99. The Hall–Kier alpha value is -1.75. The molecule has 1 heterocycles. The molecule has 0 aliphatic heterocycles. The molecule has 0 aliphatic carbocycles. The number of carbonyl (C=O) groups is 1. The molecule has 0 N–H and O–H groups in total. The van der Waals surface area contributed by atoms with Gasteiger partial charge in [0.05, 0.1) is 18.0 Å². The molecule has 0 fully saturated rings. The van der Waals surface area contributed by atoms with Crippen LogP contribution in [-0.4, -0.2) is 28.6 Å². The topological polar surface area (TPSA) is 44.1 Å². The molecule has 2 rings (SSSR count). The lowest BCUT2D eigenvalue weighted by molar-refractivity contribution is 0.0521. The molecule has 0 spiro atoms. The fraction of sp³-hybridized carbons (Fsp3) is 0.286. The van der Waals surface area contributed by atoms with Gasteiger partial charge in [0, 0.05) is 0 Å². The predicted molar refractivity (Wildman–Crippen MR) is 76.0 cm³/mol. The quantitative estimate of drug-likeness (QED) is 0.636. The van der Waals surface area contributed by atoms with Crippen LogP contribution in [0.15, 0.2) is 35.4 Å². The van der Waals surface area contributed by atoms with E-state index in [-0.39, 0.29) is 5.97 Å². The minimum atomic E-state index is -0.313. The van der Waals surface area contributed by atoms with Gasteiger partial charge >= 0.3 is 5.97 Å². The summed E-state index contributed by atoms with van der Waals surface area (Å²) in [5.74, 6) is -0.313. The van der Waals surface area contributed by atoms with Gasteiger partial charge in [-0.15, -0.1) is 11.8 Å². The highest BCUT2D eigenvalue weighted by molar-refractivity contribution is 7.98. The summed E-state index contributed by atoms with van der Waals surface area (Å²) in [5.41, 5.74) is 2.18. The Balaban J connectivity index is 2.53. The van der Waals surface area contributed by atoms with E-state index < -0.39 is 0 Å². The largest absolute Gasteiger partial charge is 0.462 e. The third kappa shape index (κ3) is 2.66. The second kappa shape index (κ2) is 5.93. The monoisotopic (exact) mass is 276 g/mol. The smallest absolute Gasteiger partial charge is 0.342 e. The van der Waals surface area contributed by atoms with Crippen LogP contribution in [0, 0.1) is 6.92 Å². The van der Waals surface area contributed by atoms with Gasteiger partial charge in [-0.2, -0.15) is 5.10 Å². The molecule has 0 saturated heterocycles. The van der Waals surface area contributed by atoms with Gasteiger partial charge in [-0.3, -0.25) is 0 Å². The van der Waals surface area contributed by atoms with Crippen molar-refractivity contribution in [3.8, 4) is 5.69 Å². The van der Waals surface area contributed by atoms with Crippen molar-refractivity contribution in [2.24, 2.45) is 0 Å². The van der Waals surface area contributed by atoms with Crippen molar-refractivity contribution in [3.63, 3.8) is 0 Å². The maximum atomic E-state index is 12.0. The van der Waals surface area contributed by atoms with E-state index in [2.05, 4.69) is 5.10 Å². The maximum absolute atomic E-state index is 12.0. The molecule has 100 valence electrons. The predicted octanol–water partition coefficient (Wildman–Crippen LogP) is 3.08. The zero-order chi connectivity index (χ0) is 13.8.